The zero-order valence-electron chi connectivity index (χ0n) is 18.7. The number of fused-ring (bicyclic) bond motifs is 1. The van der Waals surface area contributed by atoms with Crippen molar-refractivity contribution in [2.24, 2.45) is 0 Å². The molecule has 0 amide bonds. The third-order valence-corrected chi connectivity index (χ3v) is 5.77. The molecule has 0 aliphatic heterocycles. The molecule has 0 aliphatic rings. The van der Waals surface area contributed by atoms with Gasteiger partial charge in [0.25, 0.3) is 0 Å². The zero-order chi connectivity index (χ0) is 24.0. The van der Waals surface area contributed by atoms with Gasteiger partial charge in [0.05, 0.1) is 28.4 Å². The van der Waals surface area contributed by atoms with E-state index in [1.54, 1.807) is 29.5 Å². The lowest BCUT2D eigenvalue weighted by atomic mass is 10.0. The Bertz CT molecular complexity index is 1570. The summed E-state index contributed by atoms with van der Waals surface area (Å²) in [6, 6.07) is 13.8. The summed E-state index contributed by atoms with van der Waals surface area (Å²) in [5.74, 6) is 0.959. The van der Waals surface area contributed by atoms with Crippen molar-refractivity contribution in [2.45, 2.75) is 26.3 Å². The van der Waals surface area contributed by atoms with Crippen molar-refractivity contribution in [3.8, 4) is 34.3 Å². The number of nitrogens with zero attached hydrogens (tertiary/aromatic N) is 8. The maximum atomic E-state index is 9.59. The molecule has 5 aromatic rings. The van der Waals surface area contributed by atoms with Crippen molar-refractivity contribution < 1.29 is 0 Å². The van der Waals surface area contributed by atoms with Crippen LogP contribution in [0.1, 0.15) is 26.3 Å². The van der Waals surface area contributed by atoms with Gasteiger partial charge in [-0.2, -0.15) is 5.26 Å². The highest BCUT2D eigenvalue weighted by molar-refractivity contribution is 9.10. The Morgan fingerprint density at radius 1 is 1.00 bits per heavy atom. The molecule has 0 saturated carbocycles. The van der Waals surface area contributed by atoms with Crippen molar-refractivity contribution in [3.63, 3.8) is 0 Å². The number of imidazole rings is 1. The number of hydrogen-bond donors (Lipinski definition) is 1. The average molecular weight is 514 g/mol. The summed E-state index contributed by atoms with van der Waals surface area (Å²) in [4.78, 5) is 17.4. The zero-order valence-corrected chi connectivity index (χ0v) is 20.3. The summed E-state index contributed by atoms with van der Waals surface area (Å²) < 4.78 is 4.32. The molecular weight excluding hydrogens is 494 g/mol. The van der Waals surface area contributed by atoms with Gasteiger partial charge >= 0.3 is 0 Å². The second-order valence-electron chi connectivity index (χ2n) is 8.78. The van der Waals surface area contributed by atoms with E-state index < -0.39 is 0 Å². The predicted molar refractivity (Wildman–Crippen MR) is 133 cm³/mol. The van der Waals surface area contributed by atoms with Gasteiger partial charge in [-0.15, -0.1) is 5.10 Å². The van der Waals surface area contributed by atoms with Crippen LogP contribution in [0.4, 0.5) is 5.95 Å². The minimum Gasteiger partial charge on any atom is -0.368 e. The molecule has 34 heavy (non-hydrogen) atoms. The Morgan fingerprint density at radius 3 is 2.41 bits per heavy atom. The smallest absolute Gasteiger partial charge is 0.219 e. The average Bonchev–Trinajstić information content (AvgIpc) is 3.42. The molecule has 0 radical (unpaired) electrons. The van der Waals surface area contributed by atoms with Gasteiger partial charge in [-0.3, -0.25) is 0 Å². The SMILES string of the molecule is CC(C)(C)n1c(-c2cc(C#N)ccc2-n2cnc(Br)n2)nc2cc(-c3cnc(N)nc3)ccc21. The summed E-state index contributed by atoms with van der Waals surface area (Å²) >= 11 is 3.31. The first kappa shape index (κ1) is 21.7. The number of anilines is 1. The van der Waals surface area contributed by atoms with E-state index in [9.17, 15) is 5.26 Å². The molecule has 2 aromatic carbocycles. The molecule has 0 bridgehead atoms. The maximum absolute atomic E-state index is 9.59. The summed E-state index contributed by atoms with van der Waals surface area (Å²) in [6.45, 7) is 6.37. The summed E-state index contributed by atoms with van der Waals surface area (Å²) in [7, 11) is 0. The monoisotopic (exact) mass is 513 g/mol. The molecule has 3 heterocycles. The number of nitrogens with two attached hydrogens (primary N) is 1. The maximum Gasteiger partial charge on any atom is 0.219 e. The Kier molecular flexibility index (Phi) is 5.14. The van der Waals surface area contributed by atoms with Crippen LogP contribution < -0.4 is 5.73 Å². The number of aromatic nitrogens is 7. The van der Waals surface area contributed by atoms with Gasteiger partial charge in [0, 0.05) is 29.1 Å². The van der Waals surface area contributed by atoms with E-state index in [-0.39, 0.29) is 11.5 Å². The minimum atomic E-state index is -0.293. The van der Waals surface area contributed by atoms with Gasteiger partial charge in [-0.1, -0.05) is 6.07 Å². The highest BCUT2D eigenvalue weighted by Gasteiger charge is 2.25. The number of rotatable bonds is 3. The van der Waals surface area contributed by atoms with Crippen molar-refractivity contribution >= 4 is 32.9 Å². The van der Waals surface area contributed by atoms with Crippen LogP contribution in [0.2, 0.25) is 0 Å². The summed E-state index contributed by atoms with van der Waals surface area (Å²) in [5.41, 5.74) is 11.0. The topological polar surface area (TPSA) is 124 Å². The standard InChI is InChI=1S/C24H20BrN9/c1-24(2,3)34-20-7-5-15(16-11-28-23(27)29-12-16)9-18(20)31-21(34)17-8-14(10-26)4-6-19(17)33-13-30-22(25)32-33/h4-9,11-13H,1-3H3,(H2,27,28,29). The van der Waals surface area contributed by atoms with Crippen LogP contribution in [0.25, 0.3) is 39.2 Å². The molecule has 2 N–H and O–H groups in total. The van der Waals surface area contributed by atoms with E-state index in [0.29, 0.717) is 10.3 Å². The molecule has 5 rings (SSSR count). The van der Waals surface area contributed by atoms with Crippen LogP contribution in [0.15, 0.2) is 59.9 Å². The molecule has 0 atom stereocenters. The van der Waals surface area contributed by atoms with Crippen LogP contribution in [-0.2, 0) is 5.54 Å². The molecule has 0 saturated heterocycles. The first-order valence-corrected chi connectivity index (χ1v) is 11.3. The highest BCUT2D eigenvalue weighted by atomic mass is 79.9. The van der Waals surface area contributed by atoms with Gasteiger partial charge < -0.3 is 10.3 Å². The molecule has 0 fully saturated rings. The Morgan fingerprint density at radius 2 is 1.76 bits per heavy atom. The second-order valence-corrected chi connectivity index (χ2v) is 9.49. The Balaban J connectivity index is 1.78. The third-order valence-electron chi connectivity index (χ3n) is 5.41. The van der Waals surface area contributed by atoms with Crippen LogP contribution in [-0.4, -0.2) is 34.3 Å². The lowest BCUT2D eigenvalue weighted by molar-refractivity contribution is 0.413. The van der Waals surface area contributed by atoms with E-state index in [0.717, 1.165) is 39.2 Å². The van der Waals surface area contributed by atoms with Crippen molar-refractivity contribution in [3.05, 3.63) is 65.4 Å². The fraction of sp³-hybridized carbons (Fsp3) is 0.167. The lowest BCUT2D eigenvalue weighted by Gasteiger charge is -2.25. The number of nitrogen functional groups attached to an aromatic ring is 1. The molecule has 3 aromatic heterocycles. The predicted octanol–water partition coefficient (Wildman–Crippen LogP) is 4.71. The normalized spacial score (nSPS) is 11.6. The van der Waals surface area contributed by atoms with E-state index >= 15 is 0 Å². The van der Waals surface area contributed by atoms with Crippen LogP contribution in [0.3, 0.4) is 0 Å². The lowest BCUT2D eigenvalue weighted by Crippen LogP contribution is -2.23. The van der Waals surface area contributed by atoms with E-state index in [2.05, 4.69) is 67.4 Å². The van der Waals surface area contributed by atoms with E-state index in [4.69, 9.17) is 10.7 Å². The summed E-state index contributed by atoms with van der Waals surface area (Å²) in [5, 5.41) is 14.0. The van der Waals surface area contributed by atoms with Gasteiger partial charge in [-0.05, 0) is 72.6 Å². The molecule has 0 aliphatic carbocycles. The van der Waals surface area contributed by atoms with Crippen LogP contribution in [0.5, 0.6) is 0 Å². The largest absolute Gasteiger partial charge is 0.368 e. The molecule has 168 valence electrons. The second kappa shape index (κ2) is 8.04. The van der Waals surface area contributed by atoms with Crippen molar-refractivity contribution in [1.29, 1.82) is 5.26 Å². The fourth-order valence-corrected chi connectivity index (χ4v) is 4.21. The molecular formula is C24H20BrN9. The minimum absolute atomic E-state index is 0.230. The van der Waals surface area contributed by atoms with Crippen molar-refractivity contribution in [1.82, 2.24) is 34.3 Å². The number of benzene rings is 2. The van der Waals surface area contributed by atoms with Crippen molar-refractivity contribution in [2.75, 3.05) is 5.73 Å². The number of hydrogen-bond acceptors (Lipinski definition) is 7. The quantitative estimate of drug-likeness (QED) is 0.370. The van der Waals surface area contributed by atoms with Gasteiger partial charge in [0.15, 0.2) is 0 Å². The van der Waals surface area contributed by atoms with Gasteiger partial charge in [0.2, 0.25) is 10.7 Å². The van der Waals surface area contributed by atoms with Crippen LogP contribution in [0, 0.1) is 11.3 Å². The first-order chi connectivity index (χ1) is 16.2. The Labute approximate surface area is 204 Å². The molecule has 10 heteroatoms. The van der Waals surface area contributed by atoms with E-state index in [1.807, 2.05) is 30.3 Å². The van der Waals surface area contributed by atoms with Gasteiger partial charge in [0.1, 0.15) is 12.2 Å². The molecule has 0 spiro atoms. The molecule has 0 unspecified atom stereocenters. The fourth-order valence-electron chi connectivity index (χ4n) is 3.95. The van der Waals surface area contributed by atoms with Gasteiger partial charge in [-0.25, -0.2) is 24.6 Å². The summed E-state index contributed by atoms with van der Waals surface area (Å²) in [6.07, 6.45) is 5.02. The Hall–Kier alpha value is -4.10. The van der Waals surface area contributed by atoms with E-state index in [1.165, 1.54) is 0 Å². The first-order valence-electron chi connectivity index (χ1n) is 10.5. The van der Waals surface area contributed by atoms with Crippen LogP contribution >= 0.6 is 15.9 Å². The number of nitriles is 1. The number of halogens is 1. The highest BCUT2D eigenvalue weighted by Crippen LogP contribution is 2.36. The third kappa shape index (κ3) is 3.80. The molecule has 9 nitrogen and oxygen atoms in total.